The summed E-state index contributed by atoms with van der Waals surface area (Å²) < 4.78 is 38.0. The van der Waals surface area contributed by atoms with E-state index in [0.717, 1.165) is 6.20 Å². The smallest absolute Gasteiger partial charge is 0.471 e. The van der Waals surface area contributed by atoms with Crippen molar-refractivity contribution in [3.8, 4) is 0 Å². The van der Waals surface area contributed by atoms with Gasteiger partial charge in [-0.05, 0) is 12.8 Å². The number of piperidine rings is 1. The second-order valence-electron chi connectivity index (χ2n) is 4.39. The molecule has 0 spiro atoms. The molecule has 0 aliphatic carbocycles. The van der Waals surface area contributed by atoms with Crippen LogP contribution in [-0.2, 0) is 4.79 Å². The quantitative estimate of drug-likeness (QED) is 0.867. The highest BCUT2D eigenvalue weighted by atomic mass is 19.4. The van der Waals surface area contributed by atoms with Gasteiger partial charge in [-0.1, -0.05) is 5.21 Å². The van der Waals surface area contributed by atoms with Crippen molar-refractivity contribution in [2.24, 2.45) is 0 Å². The van der Waals surface area contributed by atoms with Crippen molar-refractivity contribution in [1.29, 1.82) is 0 Å². The lowest BCUT2D eigenvalue weighted by Crippen LogP contribution is -2.45. The number of amides is 1. The Hall–Kier alpha value is -2.13. The minimum Gasteiger partial charge on any atom is -0.476 e. The second kappa shape index (κ2) is 5.10. The molecule has 7 nitrogen and oxygen atoms in total. The maximum absolute atomic E-state index is 12.3. The fourth-order valence-corrected chi connectivity index (χ4v) is 2.16. The third-order valence-electron chi connectivity index (χ3n) is 3.13. The molecule has 0 atom stereocenters. The number of carboxylic acids is 1. The Kier molecular flexibility index (Phi) is 3.64. The van der Waals surface area contributed by atoms with E-state index in [-0.39, 0.29) is 37.7 Å². The van der Waals surface area contributed by atoms with Gasteiger partial charge in [0.2, 0.25) is 0 Å². The SMILES string of the molecule is O=C(O)c1cnnn1C1CCN(C(=O)C(F)(F)F)CC1. The van der Waals surface area contributed by atoms with Crippen molar-refractivity contribution in [3.05, 3.63) is 11.9 Å². The highest BCUT2D eigenvalue weighted by Gasteiger charge is 2.43. The van der Waals surface area contributed by atoms with Crippen LogP contribution in [0.3, 0.4) is 0 Å². The van der Waals surface area contributed by atoms with Crippen molar-refractivity contribution in [1.82, 2.24) is 19.9 Å². The van der Waals surface area contributed by atoms with Crippen LogP contribution in [0.4, 0.5) is 13.2 Å². The Morgan fingerprint density at radius 2 is 1.90 bits per heavy atom. The summed E-state index contributed by atoms with van der Waals surface area (Å²) in [5.41, 5.74) is -0.120. The molecule has 1 saturated heterocycles. The van der Waals surface area contributed by atoms with E-state index in [1.807, 2.05) is 0 Å². The third-order valence-corrected chi connectivity index (χ3v) is 3.13. The fraction of sp³-hybridized carbons (Fsp3) is 0.600. The first-order valence-corrected chi connectivity index (χ1v) is 5.80. The maximum atomic E-state index is 12.3. The van der Waals surface area contributed by atoms with Crippen LogP contribution in [0.5, 0.6) is 0 Å². The van der Waals surface area contributed by atoms with Crippen LogP contribution in [0.25, 0.3) is 0 Å². The van der Waals surface area contributed by atoms with E-state index in [1.54, 1.807) is 0 Å². The molecular weight excluding hydrogens is 281 g/mol. The van der Waals surface area contributed by atoms with E-state index in [4.69, 9.17) is 5.11 Å². The summed E-state index contributed by atoms with van der Waals surface area (Å²) in [6.07, 6.45) is -3.40. The number of hydrogen-bond acceptors (Lipinski definition) is 4. The number of halogens is 3. The molecule has 0 radical (unpaired) electrons. The number of alkyl halides is 3. The number of hydrogen-bond donors (Lipinski definition) is 1. The Balaban J connectivity index is 2.03. The van der Waals surface area contributed by atoms with Gasteiger partial charge in [0.25, 0.3) is 0 Å². The normalized spacial score (nSPS) is 17.2. The topological polar surface area (TPSA) is 88.3 Å². The van der Waals surface area contributed by atoms with Gasteiger partial charge in [0.15, 0.2) is 5.69 Å². The molecule has 1 fully saturated rings. The zero-order valence-corrected chi connectivity index (χ0v) is 10.2. The van der Waals surface area contributed by atoms with Crippen LogP contribution < -0.4 is 0 Å². The Morgan fingerprint density at radius 1 is 1.30 bits per heavy atom. The number of rotatable bonds is 2. The third kappa shape index (κ3) is 2.73. The molecule has 1 aromatic rings. The van der Waals surface area contributed by atoms with Gasteiger partial charge in [0, 0.05) is 13.1 Å². The number of aromatic carboxylic acids is 1. The Labute approximate surface area is 111 Å². The number of carboxylic acid groups (broad SMARTS) is 1. The molecule has 2 rings (SSSR count). The van der Waals surface area contributed by atoms with Gasteiger partial charge in [-0.2, -0.15) is 13.2 Å². The fourth-order valence-electron chi connectivity index (χ4n) is 2.16. The molecule has 20 heavy (non-hydrogen) atoms. The highest BCUT2D eigenvalue weighted by molar-refractivity contribution is 5.85. The predicted molar refractivity (Wildman–Crippen MR) is 57.9 cm³/mol. The van der Waals surface area contributed by atoms with Crippen molar-refractivity contribution in [3.63, 3.8) is 0 Å². The molecule has 0 bridgehead atoms. The van der Waals surface area contributed by atoms with E-state index < -0.39 is 18.1 Å². The zero-order valence-electron chi connectivity index (χ0n) is 10.2. The van der Waals surface area contributed by atoms with E-state index in [1.165, 1.54) is 4.68 Å². The minimum absolute atomic E-state index is 0.0953. The van der Waals surface area contributed by atoms with Crippen LogP contribution in [0.15, 0.2) is 6.20 Å². The Morgan fingerprint density at radius 3 is 2.40 bits per heavy atom. The molecule has 110 valence electrons. The van der Waals surface area contributed by atoms with E-state index in [9.17, 15) is 22.8 Å². The predicted octanol–water partition coefficient (Wildman–Crippen LogP) is 0.702. The summed E-state index contributed by atoms with van der Waals surface area (Å²) >= 11 is 0. The standard InChI is InChI=1S/C10H11F3N4O3/c11-10(12,13)9(20)16-3-1-6(2-4-16)17-7(8(18)19)5-14-15-17/h5-6H,1-4H2,(H,18,19). The van der Waals surface area contributed by atoms with Crippen LogP contribution in [0.2, 0.25) is 0 Å². The van der Waals surface area contributed by atoms with Crippen molar-refractivity contribution in [2.75, 3.05) is 13.1 Å². The molecule has 0 saturated carbocycles. The Bertz CT molecular complexity index is 520. The summed E-state index contributed by atoms with van der Waals surface area (Å²) in [5, 5.41) is 16.0. The second-order valence-corrected chi connectivity index (χ2v) is 4.39. The molecule has 10 heteroatoms. The first kappa shape index (κ1) is 14.3. The van der Waals surface area contributed by atoms with Crippen LogP contribution in [0.1, 0.15) is 29.4 Å². The first-order valence-electron chi connectivity index (χ1n) is 5.80. The van der Waals surface area contributed by atoms with Gasteiger partial charge < -0.3 is 10.0 Å². The molecule has 1 aromatic heterocycles. The molecule has 1 amide bonds. The molecule has 0 unspecified atom stereocenters. The van der Waals surface area contributed by atoms with Gasteiger partial charge in [-0.25, -0.2) is 9.48 Å². The van der Waals surface area contributed by atoms with E-state index in [0.29, 0.717) is 4.90 Å². The highest BCUT2D eigenvalue weighted by Crippen LogP contribution is 2.26. The van der Waals surface area contributed by atoms with Gasteiger partial charge >= 0.3 is 18.1 Å². The van der Waals surface area contributed by atoms with Gasteiger partial charge in [0.1, 0.15) is 0 Å². The summed E-state index contributed by atoms with van der Waals surface area (Å²) in [4.78, 5) is 22.7. The average Bonchev–Trinajstić information content (AvgIpc) is 2.86. The lowest BCUT2D eigenvalue weighted by molar-refractivity contribution is -0.186. The van der Waals surface area contributed by atoms with E-state index >= 15 is 0 Å². The molecule has 1 N–H and O–H groups in total. The lowest BCUT2D eigenvalue weighted by atomic mass is 10.0. The number of nitrogens with zero attached hydrogens (tertiary/aromatic N) is 4. The molecular formula is C10H11F3N4O3. The van der Waals surface area contributed by atoms with Crippen molar-refractivity contribution >= 4 is 11.9 Å². The number of carbonyl (C=O) groups is 2. The maximum Gasteiger partial charge on any atom is 0.471 e. The molecule has 1 aliphatic rings. The number of carbonyl (C=O) groups excluding carboxylic acids is 1. The summed E-state index contributed by atoms with van der Waals surface area (Å²) in [7, 11) is 0. The summed E-state index contributed by atoms with van der Waals surface area (Å²) in [6, 6.07) is -0.374. The van der Waals surface area contributed by atoms with Crippen molar-refractivity contribution in [2.45, 2.75) is 25.1 Å². The molecule has 1 aliphatic heterocycles. The van der Waals surface area contributed by atoms with Gasteiger partial charge in [-0.15, -0.1) is 5.10 Å². The zero-order chi connectivity index (χ0) is 14.9. The average molecular weight is 292 g/mol. The molecule has 0 aromatic carbocycles. The molecule has 2 heterocycles. The number of likely N-dealkylation sites (tertiary alicyclic amines) is 1. The van der Waals surface area contributed by atoms with Crippen molar-refractivity contribution < 1.29 is 27.9 Å². The van der Waals surface area contributed by atoms with E-state index in [2.05, 4.69) is 10.3 Å². The van der Waals surface area contributed by atoms with Gasteiger partial charge in [-0.3, -0.25) is 4.79 Å². The van der Waals surface area contributed by atoms with Crippen LogP contribution in [0, 0.1) is 0 Å². The van der Waals surface area contributed by atoms with Crippen LogP contribution in [-0.4, -0.2) is 56.1 Å². The van der Waals surface area contributed by atoms with Crippen LogP contribution >= 0.6 is 0 Å². The lowest BCUT2D eigenvalue weighted by Gasteiger charge is -2.32. The monoisotopic (exact) mass is 292 g/mol. The summed E-state index contributed by atoms with van der Waals surface area (Å²) in [6.45, 7) is -0.191. The summed E-state index contributed by atoms with van der Waals surface area (Å²) in [5.74, 6) is -3.07. The minimum atomic E-state index is -4.88. The first-order chi connectivity index (χ1) is 9.30. The number of aromatic nitrogens is 3. The van der Waals surface area contributed by atoms with Gasteiger partial charge in [0.05, 0.1) is 12.2 Å². The largest absolute Gasteiger partial charge is 0.476 e.